The van der Waals surface area contributed by atoms with Gasteiger partial charge < -0.3 is 4.74 Å². The van der Waals surface area contributed by atoms with Crippen molar-refractivity contribution in [2.45, 2.75) is 19.8 Å². The molecule has 0 aromatic heterocycles. The van der Waals surface area contributed by atoms with Crippen LogP contribution < -0.4 is 0 Å². The minimum absolute atomic E-state index is 0.184. The lowest BCUT2D eigenvalue weighted by atomic mass is 10.4. The average Bonchev–Trinajstić information content (AvgIpc) is 2.03. The highest BCUT2D eigenvalue weighted by Crippen LogP contribution is 2.16. The maximum Gasteiger partial charge on any atom is 0.369 e. The van der Waals surface area contributed by atoms with Gasteiger partial charge in [-0.1, -0.05) is 36.5 Å². The summed E-state index contributed by atoms with van der Waals surface area (Å²) in [4.78, 5) is 10.6. The van der Waals surface area contributed by atoms with Gasteiger partial charge in [0.2, 0.25) is 5.83 Å². The minimum atomic E-state index is -1.24. The standard InChI is InChI=1S/C7H9Cl2FO2/c1-2-3-4-12-7(11)5(10)6(8)9/h2-4H2,1H3. The van der Waals surface area contributed by atoms with Crippen LogP contribution in [-0.2, 0) is 9.53 Å². The van der Waals surface area contributed by atoms with E-state index in [0.29, 0.717) is 6.42 Å². The Kier molecular flexibility index (Phi) is 6.11. The van der Waals surface area contributed by atoms with E-state index in [4.69, 9.17) is 23.2 Å². The molecule has 0 bridgehead atoms. The van der Waals surface area contributed by atoms with E-state index in [1.54, 1.807) is 0 Å². The number of esters is 1. The molecule has 5 heteroatoms. The Hall–Kier alpha value is -0.280. The van der Waals surface area contributed by atoms with Crippen LogP contribution in [0.5, 0.6) is 0 Å². The predicted octanol–water partition coefficient (Wildman–Crippen LogP) is 2.95. The third-order valence-corrected chi connectivity index (χ3v) is 1.41. The van der Waals surface area contributed by atoms with Gasteiger partial charge in [0, 0.05) is 0 Å². The van der Waals surface area contributed by atoms with Crippen molar-refractivity contribution in [1.29, 1.82) is 0 Å². The number of carbonyl (C=O) groups is 1. The van der Waals surface area contributed by atoms with Gasteiger partial charge in [0.25, 0.3) is 0 Å². The molecule has 0 aromatic carbocycles. The molecule has 12 heavy (non-hydrogen) atoms. The number of ether oxygens (including phenoxy) is 1. The summed E-state index contributed by atoms with van der Waals surface area (Å²) in [5, 5.41) is 0. The highest BCUT2D eigenvalue weighted by Gasteiger charge is 2.13. The number of hydrogen-bond acceptors (Lipinski definition) is 2. The van der Waals surface area contributed by atoms with Gasteiger partial charge in [-0.25, -0.2) is 4.79 Å². The maximum absolute atomic E-state index is 12.5. The molecule has 0 heterocycles. The van der Waals surface area contributed by atoms with Crippen LogP contribution in [0.4, 0.5) is 4.39 Å². The molecule has 0 rings (SSSR count). The number of hydrogen-bond donors (Lipinski definition) is 0. The van der Waals surface area contributed by atoms with Crippen LogP contribution in [0.15, 0.2) is 10.3 Å². The molecule has 0 unspecified atom stereocenters. The molecule has 0 saturated heterocycles. The SMILES string of the molecule is CCCCOC(=O)C(F)=C(Cl)Cl. The van der Waals surface area contributed by atoms with Gasteiger partial charge in [-0.2, -0.15) is 4.39 Å². The first-order valence-electron chi connectivity index (χ1n) is 3.47. The normalized spacial score (nSPS) is 9.33. The van der Waals surface area contributed by atoms with Gasteiger partial charge in [0.05, 0.1) is 6.61 Å². The minimum Gasteiger partial charge on any atom is -0.460 e. The first-order chi connectivity index (χ1) is 5.59. The first-order valence-corrected chi connectivity index (χ1v) is 4.23. The maximum atomic E-state index is 12.5. The van der Waals surface area contributed by atoms with Crippen molar-refractivity contribution in [1.82, 2.24) is 0 Å². The third-order valence-electron chi connectivity index (χ3n) is 1.08. The van der Waals surface area contributed by atoms with Crippen LogP contribution >= 0.6 is 23.2 Å². The molecule has 0 aliphatic rings. The Morgan fingerprint density at radius 1 is 1.50 bits per heavy atom. The number of rotatable bonds is 4. The Morgan fingerprint density at radius 2 is 2.08 bits per heavy atom. The molecule has 0 N–H and O–H groups in total. The fourth-order valence-electron chi connectivity index (χ4n) is 0.450. The number of carbonyl (C=O) groups excluding carboxylic acids is 1. The summed E-state index contributed by atoms with van der Waals surface area (Å²) < 4.78 is 16.3. The molecule has 0 amide bonds. The van der Waals surface area contributed by atoms with E-state index >= 15 is 0 Å². The van der Waals surface area contributed by atoms with Gasteiger partial charge in [-0.3, -0.25) is 0 Å². The summed E-state index contributed by atoms with van der Waals surface area (Å²) in [5.74, 6) is -2.35. The van der Waals surface area contributed by atoms with Crippen molar-refractivity contribution in [3.63, 3.8) is 0 Å². The fraction of sp³-hybridized carbons (Fsp3) is 0.571. The van der Waals surface area contributed by atoms with Crippen molar-refractivity contribution in [3.8, 4) is 0 Å². The molecule has 0 aliphatic heterocycles. The van der Waals surface area contributed by atoms with Gasteiger partial charge in [-0.05, 0) is 6.42 Å². The van der Waals surface area contributed by atoms with Gasteiger partial charge in [0.15, 0.2) is 0 Å². The molecule has 70 valence electrons. The van der Waals surface area contributed by atoms with E-state index in [9.17, 15) is 9.18 Å². The zero-order chi connectivity index (χ0) is 9.56. The Balaban J connectivity index is 3.81. The summed E-state index contributed by atoms with van der Waals surface area (Å²) in [6, 6.07) is 0. The zero-order valence-electron chi connectivity index (χ0n) is 6.57. The van der Waals surface area contributed by atoms with E-state index in [2.05, 4.69) is 4.74 Å². The van der Waals surface area contributed by atoms with Crippen molar-refractivity contribution < 1.29 is 13.9 Å². The van der Waals surface area contributed by atoms with Crippen LogP contribution in [0.25, 0.3) is 0 Å². The molecule has 2 nitrogen and oxygen atoms in total. The summed E-state index contributed by atoms with van der Waals surface area (Å²) in [5.41, 5.74) is 0. The van der Waals surface area contributed by atoms with E-state index in [-0.39, 0.29) is 6.61 Å². The summed E-state index contributed by atoms with van der Waals surface area (Å²) in [6.07, 6.45) is 1.56. The Bertz CT molecular complexity index is 188. The van der Waals surface area contributed by atoms with Crippen molar-refractivity contribution >= 4 is 29.2 Å². The topological polar surface area (TPSA) is 26.3 Å². The van der Waals surface area contributed by atoms with Crippen LogP contribution in [0.2, 0.25) is 0 Å². The van der Waals surface area contributed by atoms with Crippen molar-refractivity contribution in [2.24, 2.45) is 0 Å². The Morgan fingerprint density at radius 3 is 2.50 bits per heavy atom. The molecular weight excluding hydrogens is 206 g/mol. The highest BCUT2D eigenvalue weighted by molar-refractivity contribution is 6.57. The lowest BCUT2D eigenvalue weighted by Crippen LogP contribution is -2.06. The molecule has 0 aliphatic carbocycles. The van der Waals surface area contributed by atoms with E-state index in [0.717, 1.165) is 6.42 Å². The third kappa shape index (κ3) is 4.57. The zero-order valence-corrected chi connectivity index (χ0v) is 8.08. The lowest BCUT2D eigenvalue weighted by Gasteiger charge is -2.00. The van der Waals surface area contributed by atoms with Gasteiger partial charge in [-0.15, -0.1) is 0 Å². The monoisotopic (exact) mass is 214 g/mol. The molecule has 0 aromatic rings. The molecule has 0 atom stereocenters. The van der Waals surface area contributed by atoms with Gasteiger partial charge in [0.1, 0.15) is 4.49 Å². The first kappa shape index (κ1) is 11.7. The quantitative estimate of drug-likeness (QED) is 0.409. The van der Waals surface area contributed by atoms with Crippen LogP contribution in [0, 0.1) is 0 Å². The number of unbranched alkanes of at least 4 members (excludes halogenated alkanes) is 1. The number of halogens is 3. The summed E-state index contributed by atoms with van der Waals surface area (Å²) >= 11 is 10.0. The second kappa shape index (κ2) is 6.26. The molecule has 0 spiro atoms. The highest BCUT2D eigenvalue weighted by atomic mass is 35.5. The summed E-state index contributed by atoms with van der Waals surface area (Å²) in [7, 11) is 0. The van der Waals surface area contributed by atoms with Gasteiger partial charge >= 0.3 is 5.97 Å². The summed E-state index contributed by atoms with van der Waals surface area (Å²) in [6.45, 7) is 2.11. The predicted molar refractivity (Wildman–Crippen MR) is 45.7 cm³/mol. The van der Waals surface area contributed by atoms with E-state index < -0.39 is 16.3 Å². The second-order valence-electron chi connectivity index (χ2n) is 2.06. The molecule has 0 fully saturated rings. The van der Waals surface area contributed by atoms with E-state index in [1.165, 1.54) is 0 Å². The largest absolute Gasteiger partial charge is 0.460 e. The van der Waals surface area contributed by atoms with Crippen molar-refractivity contribution in [3.05, 3.63) is 10.3 Å². The second-order valence-corrected chi connectivity index (χ2v) is 3.01. The van der Waals surface area contributed by atoms with Crippen molar-refractivity contribution in [2.75, 3.05) is 6.61 Å². The fourth-order valence-corrected chi connectivity index (χ4v) is 0.604. The molecular formula is C7H9Cl2FO2. The van der Waals surface area contributed by atoms with Crippen LogP contribution in [-0.4, -0.2) is 12.6 Å². The lowest BCUT2D eigenvalue weighted by molar-refractivity contribution is -0.140. The molecule has 0 radical (unpaired) electrons. The van der Waals surface area contributed by atoms with Crippen LogP contribution in [0.3, 0.4) is 0 Å². The Labute approximate surface area is 80.3 Å². The smallest absolute Gasteiger partial charge is 0.369 e. The van der Waals surface area contributed by atoms with Crippen LogP contribution in [0.1, 0.15) is 19.8 Å². The van der Waals surface area contributed by atoms with E-state index in [1.807, 2.05) is 6.92 Å². The molecule has 0 saturated carbocycles. The average molecular weight is 215 g/mol.